The molecule has 0 saturated heterocycles. The van der Waals surface area contributed by atoms with Crippen LogP contribution in [0.4, 0.5) is 0 Å². The molecule has 5 heteroatoms. The second kappa shape index (κ2) is 5.05. The van der Waals surface area contributed by atoms with Crippen molar-refractivity contribution in [2.45, 2.75) is 32.7 Å². The predicted molar refractivity (Wildman–Crippen MR) is 54.8 cm³/mol. The molecule has 2 atom stereocenters. The standard InChI is InChI=1S/C9H19N5/c1-5-7(2)8(10-3)6-9-11-13-14(4)12-9/h7-8,10H,5-6H2,1-4H3. The molecule has 5 nitrogen and oxygen atoms in total. The van der Waals surface area contributed by atoms with Crippen LogP contribution in [0.5, 0.6) is 0 Å². The van der Waals surface area contributed by atoms with E-state index in [0.717, 1.165) is 18.7 Å². The van der Waals surface area contributed by atoms with E-state index >= 15 is 0 Å². The van der Waals surface area contributed by atoms with E-state index in [1.165, 1.54) is 4.80 Å². The summed E-state index contributed by atoms with van der Waals surface area (Å²) < 4.78 is 0. The van der Waals surface area contributed by atoms with Gasteiger partial charge in [-0.05, 0) is 18.2 Å². The van der Waals surface area contributed by atoms with E-state index in [-0.39, 0.29) is 0 Å². The molecule has 2 unspecified atom stereocenters. The first kappa shape index (κ1) is 11.1. The molecular formula is C9H19N5. The highest BCUT2D eigenvalue weighted by molar-refractivity contribution is 4.86. The summed E-state index contributed by atoms with van der Waals surface area (Å²) in [5.41, 5.74) is 0. The summed E-state index contributed by atoms with van der Waals surface area (Å²) in [7, 11) is 3.77. The van der Waals surface area contributed by atoms with Gasteiger partial charge in [0.15, 0.2) is 5.82 Å². The van der Waals surface area contributed by atoms with Gasteiger partial charge in [-0.25, -0.2) is 0 Å². The molecule has 14 heavy (non-hydrogen) atoms. The first-order chi connectivity index (χ1) is 6.67. The molecule has 80 valence electrons. The van der Waals surface area contributed by atoms with Gasteiger partial charge >= 0.3 is 0 Å². The van der Waals surface area contributed by atoms with E-state index < -0.39 is 0 Å². The van der Waals surface area contributed by atoms with Gasteiger partial charge in [0.2, 0.25) is 0 Å². The Morgan fingerprint density at radius 3 is 2.64 bits per heavy atom. The van der Waals surface area contributed by atoms with Crippen molar-refractivity contribution in [1.29, 1.82) is 0 Å². The highest BCUT2D eigenvalue weighted by Gasteiger charge is 2.16. The topological polar surface area (TPSA) is 55.6 Å². The van der Waals surface area contributed by atoms with Gasteiger partial charge < -0.3 is 5.32 Å². The number of nitrogens with zero attached hydrogens (tertiary/aromatic N) is 4. The van der Waals surface area contributed by atoms with Crippen LogP contribution in [0.1, 0.15) is 26.1 Å². The Hall–Kier alpha value is -0.970. The van der Waals surface area contributed by atoms with Gasteiger partial charge in [0.1, 0.15) is 0 Å². The molecule has 1 heterocycles. The van der Waals surface area contributed by atoms with Crippen molar-refractivity contribution in [1.82, 2.24) is 25.5 Å². The van der Waals surface area contributed by atoms with Gasteiger partial charge in [-0.1, -0.05) is 20.3 Å². The van der Waals surface area contributed by atoms with E-state index in [1.54, 1.807) is 7.05 Å². The summed E-state index contributed by atoms with van der Waals surface area (Å²) >= 11 is 0. The van der Waals surface area contributed by atoms with Gasteiger partial charge in [-0.2, -0.15) is 4.80 Å². The van der Waals surface area contributed by atoms with Crippen LogP contribution in [-0.4, -0.2) is 33.3 Å². The lowest BCUT2D eigenvalue weighted by molar-refractivity contribution is 0.380. The molecule has 0 amide bonds. The summed E-state index contributed by atoms with van der Waals surface area (Å²) in [4.78, 5) is 1.50. The van der Waals surface area contributed by atoms with Crippen LogP contribution < -0.4 is 5.32 Å². The van der Waals surface area contributed by atoms with Crippen LogP contribution in [0.25, 0.3) is 0 Å². The van der Waals surface area contributed by atoms with E-state index in [9.17, 15) is 0 Å². The molecule has 1 N–H and O–H groups in total. The Labute approximate surface area is 84.9 Å². The Balaban J connectivity index is 2.56. The van der Waals surface area contributed by atoms with Crippen LogP contribution in [0.3, 0.4) is 0 Å². The third-order valence-corrected chi connectivity index (χ3v) is 2.65. The molecule has 0 aliphatic heterocycles. The summed E-state index contributed by atoms with van der Waals surface area (Å²) in [6.07, 6.45) is 2.01. The van der Waals surface area contributed by atoms with Gasteiger partial charge in [0, 0.05) is 12.5 Å². The van der Waals surface area contributed by atoms with Gasteiger partial charge in [-0.15, -0.1) is 10.2 Å². The molecule has 1 rings (SSSR count). The number of nitrogens with one attached hydrogen (secondary N) is 1. The number of tetrazole rings is 1. The van der Waals surface area contributed by atoms with Crippen LogP contribution in [0, 0.1) is 5.92 Å². The largest absolute Gasteiger partial charge is 0.316 e. The van der Waals surface area contributed by atoms with E-state index in [2.05, 4.69) is 34.6 Å². The fourth-order valence-corrected chi connectivity index (χ4v) is 1.47. The van der Waals surface area contributed by atoms with Crippen molar-refractivity contribution in [2.24, 2.45) is 13.0 Å². The molecular weight excluding hydrogens is 178 g/mol. The fraction of sp³-hybridized carbons (Fsp3) is 0.889. The average molecular weight is 197 g/mol. The Morgan fingerprint density at radius 1 is 1.50 bits per heavy atom. The second-order valence-corrected chi connectivity index (χ2v) is 3.68. The SMILES string of the molecule is CCC(C)C(Cc1nnn(C)n1)NC. The third-order valence-electron chi connectivity index (χ3n) is 2.65. The quantitative estimate of drug-likeness (QED) is 0.741. The number of hydrogen-bond donors (Lipinski definition) is 1. The monoisotopic (exact) mass is 197 g/mol. The number of hydrogen-bond acceptors (Lipinski definition) is 4. The van der Waals surface area contributed by atoms with Gasteiger partial charge in [-0.3, -0.25) is 0 Å². The van der Waals surface area contributed by atoms with Crippen molar-refractivity contribution in [3.63, 3.8) is 0 Å². The first-order valence-corrected chi connectivity index (χ1v) is 5.07. The number of rotatable bonds is 5. The number of aryl methyl sites for hydroxylation is 1. The minimum absolute atomic E-state index is 0.434. The molecule has 0 aliphatic carbocycles. The normalized spacial score (nSPS) is 15.4. The summed E-state index contributed by atoms with van der Waals surface area (Å²) in [5.74, 6) is 1.44. The summed E-state index contributed by atoms with van der Waals surface area (Å²) in [5, 5.41) is 15.3. The zero-order valence-electron chi connectivity index (χ0n) is 9.36. The molecule has 0 aliphatic rings. The Kier molecular flexibility index (Phi) is 4.00. The predicted octanol–water partition coefficient (Wildman–Crippen LogP) is 0.387. The molecule has 0 radical (unpaired) electrons. The van der Waals surface area contributed by atoms with E-state index in [4.69, 9.17) is 0 Å². The maximum atomic E-state index is 4.17. The zero-order chi connectivity index (χ0) is 10.6. The van der Waals surface area contributed by atoms with Gasteiger partial charge in [0.05, 0.1) is 7.05 Å². The first-order valence-electron chi connectivity index (χ1n) is 5.07. The molecule has 1 aromatic heterocycles. The van der Waals surface area contributed by atoms with Crippen molar-refractivity contribution < 1.29 is 0 Å². The maximum absolute atomic E-state index is 4.17. The lowest BCUT2D eigenvalue weighted by atomic mass is 9.96. The molecule has 1 aromatic rings. The van der Waals surface area contributed by atoms with Crippen molar-refractivity contribution in [3.05, 3.63) is 5.82 Å². The minimum Gasteiger partial charge on any atom is -0.316 e. The smallest absolute Gasteiger partial charge is 0.176 e. The molecule has 0 aromatic carbocycles. The van der Waals surface area contributed by atoms with E-state index in [0.29, 0.717) is 12.0 Å². The molecule has 0 spiro atoms. The fourth-order valence-electron chi connectivity index (χ4n) is 1.47. The third kappa shape index (κ3) is 2.77. The number of aromatic nitrogens is 4. The molecule has 0 bridgehead atoms. The average Bonchev–Trinajstić information content (AvgIpc) is 2.59. The van der Waals surface area contributed by atoms with E-state index in [1.807, 2.05) is 7.05 Å². The lowest BCUT2D eigenvalue weighted by Gasteiger charge is -2.20. The molecule has 0 fully saturated rings. The van der Waals surface area contributed by atoms with Crippen LogP contribution in [0.2, 0.25) is 0 Å². The highest BCUT2D eigenvalue weighted by atomic mass is 15.6. The van der Waals surface area contributed by atoms with Crippen molar-refractivity contribution in [2.75, 3.05) is 7.05 Å². The van der Waals surface area contributed by atoms with Crippen LogP contribution in [-0.2, 0) is 13.5 Å². The minimum atomic E-state index is 0.434. The highest BCUT2D eigenvalue weighted by Crippen LogP contribution is 2.10. The van der Waals surface area contributed by atoms with Crippen molar-refractivity contribution >= 4 is 0 Å². The second-order valence-electron chi connectivity index (χ2n) is 3.68. The zero-order valence-corrected chi connectivity index (χ0v) is 9.36. The van der Waals surface area contributed by atoms with Crippen LogP contribution in [0.15, 0.2) is 0 Å². The Bertz CT molecular complexity index is 270. The molecule has 0 saturated carbocycles. The maximum Gasteiger partial charge on any atom is 0.176 e. The summed E-state index contributed by atoms with van der Waals surface area (Å²) in [6.45, 7) is 4.43. The number of likely N-dealkylation sites (N-methyl/N-ethyl adjacent to an activating group) is 1. The van der Waals surface area contributed by atoms with Crippen LogP contribution >= 0.6 is 0 Å². The van der Waals surface area contributed by atoms with Crippen molar-refractivity contribution in [3.8, 4) is 0 Å². The van der Waals surface area contributed by atoms with Gasteiger partial charge in [0.25, 0.3) is 0 Å². The lowest BCUT2D eigenvalue weighted by Crippen LogP contribution is -2.34. The summed E-state index contributed by atoms with van der Waals surface area (Å²) in [6, 6.07) is 0.434. The Morgan fingerprint density at radius 2 is 2.21 bits per heavy atom.